The van der Waals surface area contributed by atoms with Gasteiger partial charge in [-0.15, -0.1) is 20.4 Å². The molecule has 24 heavy (non-hydrogen) atoms. The van der Waals surface area contributed by atoms with Crippen LogP contribution in [-0.4, -0.2) is 51.7 Å². The summed E-state index contributed by atoms with van der Waals surface area (Å²) < 4.78 is 0. The van der Waals surface area contributed by atoms with Crippen molar-refractivity contribution in [1.29, 1.82) is 0 Å². The minimum atomic E-state index is -0.0924. The quantitative estimate of drug-likeness (QED) is 0.428. The molecule has 134 valence electrons. The van der Waals surface area contributed by atoms with Crippen molar-refractivity contribution in [3.8, 4) is 0 Å². The first kappa shape index (κ1) is 19.2. The zero-order valence-electron chi connectivity index (χ0n) is 14.0. The molecule has 2 rings (SSSR count). The second kappa shape index (κ2) is 10.7. The van der Waals surface area contributed by atoms with Crippen LogP contribution in [-0.2, 0) is 0 Å². The van der Waals surface area contributed by atoms with Crippen LogP contribution < -0.4 is 0 Å². The number of aromatic nitrogens is 8. The van der Waals surface area contributed by atoms with E-state index in [4.69, 9.17) is 12.6 Å². The number of nitrogens with one attached hydrogen (secondary N) is 2. The van der Waals surface area contributed by atoms with Crippen LogP contribution in [0.4, 0.5) is 0 Å². The average Bonchev–Trinajstić information content (AvgIpc) is 3.28. The van der Waals surface area contributed by atoms with Crippen LogP contribution >= 0.6 is 25.3 Å². The van der Waals surface area contributed by atoms with Gasteiger partial charge in [0, 0.05) is 10.5 Å². The van der Waals surface area contributed by atoms with Gasteiger partial charge < -0.3 is 0 Å². The zero-order valence-corrected chi connectivity index (χ0v) is 15.8. The summed E-state index contributed by atoms with van der Waals surface area (Å²) >= 11 is 9.37. The summed E-state index contributed by atoms with van der Waals surface area (Å²) in [5.74, 6) is 1.11. The van der Waals surface area contributed by atoms with Crippen LogP contribution in [0.25, 0.3) is 0 Å². The predicted octanol–water partition coefficient (Wildman–Crippen LogP) is 2.58. The van der Waals surface area contributed by atoms with Gasteiger partial charge in [-0.3, -0.25) is 0 Å². The average molecular weight is 371 g/mol. The Bertz CT molecular complexity index is 499. The molecule has 0 aliphatic heterocycles. The Morgan fingerprint density at radius 3 is 1.79 bits per heavy atom. The molecule has 2 atom stereocenters. The fourth-order valence-corrected chi connectivity index (χ4v) is 3.34. The molecule has 2 aromatic rings. The van der Waals surface area contributed by atoms with Gasteiger partial charge in [0.25, 0.3) is 0 Å². The fraction of sp³-hybridized carbons (Fsp3) is 0.857. The third kappa shape index (κ3) is 6.39. The molecule has 0 radical (unpaired) electrons. The van der Waals surface area contributed by atoms with E-state index in [1.54, 1.807) is 0 Å². The van der Waals surface area contributed by atoms with Crippen molar-refractivity contribution in [2.45, 2.75) is 74.7 Å². The van der Waals surface area contributed by atoms with E-state index in [-0.39, 0.29) is 5.92 Å². The second-order valence-electron chi connectivity index (χ2n) is 6.05. The number of hydrogen-bond donors (Lipinski definition) is 4. The van der Waals surface area contributed by atoms with Crippen LogP contribution in [0.3, 0.4) is 0 Å². The van der Waals surface area contributed by atoms with Crippen LogP contribution in [0.1, 0.15) is 75.9 Å². The highest BCUT2D eigenvalue weighted by Gasteiger charge is 2.23. The molecule has 2 N–H and O–H groups in total. The molecule has 0 saturated carbocycles. The summed E-state index contributed by atoms with van der Waals surface area (Å²) in [5.41, 5.74) is 0. The Morgan fingerprint density at radius 2 is 1.33 bits per heavy atom. The Balaban J connectivity index is 1.73. The molecular formula is C14H26N8S2. The highest BCUT2D eigenvalue weighted by atomic mass is 32.1. The summed E-state index contributed by atoms with van der Waals surface area (Å²) in [4.78, 5) is 0. The molecule has 2 unspecified atom stereocenters. The largest absolute Gasteiger partial charge is 0.185 e. The van der Waals surface area contributed by atoms with Crippen LogP contribution in [0, 0.1) is 0 Å². The van der Waals surface area contributed by atoms with Gasteiger partial charge in [0.1, 0.15) is 0 Å². The smallest absolute Gasteiger partial charge is 0.177 e. The summed E-state index contributed by atoms with van der Waals surface area (Å²) in [6, 6.07) is 0. The Morgan fingerprint density at radius 1 is 0.792 bits per heavy atom. The maximum absolute atomic E-state index is 4.72. The Labute approximate surface area is 153 Å². The minimum Gasteiger partial charge on any atom is -0.177 e. The van der Waals surface area contributed by atoms with Crippen molar-refractivity contribution in [3.63, 3.8) is 0 Å². The fourth-order valence-electron chi connectivity index (χ4n) is 2.68. The molecule has 0 bridgehead atoms. The third-order valence-corrected chi connectivity index (χ3v) is 5.13. The first-order chi connectivity index (χ1) is 11.7. The molecule has 0 aliphatic carbocycles. The third-order valence-electron chi connectivity index (χ3n) is 4.10. The number of H-pyrrole nitrogens is 2. The lowest BCUT2D eigenvalue weighted by Crippen LogP contribution is -2.09. The van der Waals surface area contributed by atoms with E-state index in [0.29, 0.717) is 22.1 Å². The van der Waals surface area contributed by atoms with E-state index in [2.05, 4.69) is 60.8 Å². The summed E-state index contributed by atoms with van der Waals surface area (Å²) in [5, 5.41) is 29.3. The van der Waals surface area contributed by atoms with E-state index >= 15 is 0 Å². The predicted molar refractivity (Wildman–Crippen MR) is 98.4 cm³/mol. The van der Waals surface area contributed by atoms with Crippen molar-refractivity contribution in [1.82, 2.24) is 41.2 Å². The molecule has 0 fully saturated rings. The number of nitrogens with zero attached hydrogens (tertiary/aromatic N) is 6. The number of tetrazole rings is 2. The van der Waals surface area contributed by atoms with Crippen LogP contribution in [0.15, 0.2) is 0 Å². The standard InChI is InChI=1S/C14H26N8S2/c1-2-3-5-10(23)8-9-11(24)6-4-7-12(13-15-19-20-16-13)14-17-21-22-18-14/h10-12,23-24H,2-9H2,1H3,(H,15,16,19,20)(H,17,18,21,22). The molecule has 0 spiro atoms. The minimum absolute atomic E-state index is 0.0924. The van der Waals surface area contributed by atoms with Crippen molar-refractivity contribution in [2.24, 2.45) is 0 Å². The Kier molecular flexibility index (Phi) is 8.51. The monoisotopic (exact) mass is 370 g/mol. The lowest BCUT2D eigenvalue weighted by molar-refractivity contribution is 0.546. The maximum Gasteiger partial charge on any atom is 0.185 e. The van der Waals surface area contributed by atoms with Crippen molar-refractivity contribution < 1.29 is 0 Å². The topological polar surface area (TPSA) is 109 Å². The number of rotatable bonds is 12. The first-order valence-corrected chi connectivity index (χ1v) is 9.56. The number of aromatic amines is 2. The molecule has 0 aromatic carbocycles. The SMILES string of the molecule is CCCCC(S)CCC(S)CCCC(c1nn[nH]n1)c1nn[nH]n1. The van der Waals surface area contributed by atoms with Gasteiger partial charge >= 0.3 is 0 Å². The Hall–Kier alpha value is -1.16. The van der Waals surface area contributed by atoms with Gasteiger partial charge in [-0.25, -0.2) is 0 Å². The van der Waals surface area contributed by atoms with Crippen molar-refractivity contribution in [3.05, 3.63) is 11.6 Å². The van der Waals surface area contributed by atoms with Crippen LogP contribution in [0.5, 0.6) is 0 Å². The van der Waals surface area contributed by atoms with Gasteiger partial charge in [0.2, 0.25) is 0 Å². The molecule has 0 amide bonds. The molecule has 2 aromatic heterocycles. The molecule has 8 nitrogen and oxygen atoms in total. The summed E-state index contributed by atoms with van der Waals surface area (Å²) in [7, 11) is 0. The maximum atomic E-state index is 4.72. The van der Waals surface area contributed by atoms with E-state index in [1.165, 1.54) is 19.3 Å². The van der Waals surface area contributed by atoms with Gasteiger partial charge in [0.15, 0.2) is 11.6 Å². The van der Waals surface area contributed by atoms with Gasteiger partial charge in [-0.05, 0) is 32.1 Å². The molecule has 0 saturated heterocycles. The van der Waals surface area contributed by atoms with Gasteiger partial charge in [-0.1, -0.05) is 36.6 Å². The van der Waals surface area contributed by atoms with Crippen molar-refractivity contribution >= 4 is 25.3 Å². The van der Waals surface area contributed by atoms with Gasteiger partial charge in [0.05, 0.1) is 5.92 Å². The molecular weight excluding hydrogens is 344 g/mol. The number of hydrogen-bond acceptors (Lipinski definition) is 8. The first-order valence-electron chi connectivity index (χ1n) is 8.53. The van der Waals surface area contributed by atoms with Gasteiger partial charge in [-0.2, -0.15) is 35.7 Å². The summed E-state index contributed by atoms with van der Waals surface area (Å²) in [6.07, 6.45) is 8.76. The summed E-state index contributed by atoms with van der Waals surface area (Å²) in [6.45, 7) is 2.21. The molecule has 10 heteroatoms. The second-order valence-corrected chi connectivity index (χ2v) is 7.51. The van der Waals surface area contributed by atoms with E-state index < -0.39 is 0 Å². The van der Waals surface area contributed by atoms with Crippen molar-refractivity contribution in [2.75, 3.05) is 0 Å². The lowest BCUT2D eigenvalue weighted by atomic mass is 9.98. The molecule has 0 aliphatic rings. The number of thiol groups is 2. The lowest BCUT2D eigenvalue weighted by Gasteiger charge is -2.15. The van der Waals surface area contributed by atoms with Crippen LogP contribution in [0.2, 0.25) is 0 Å². The van der Waals surface area contributed by atoms with E-state index in [0.717, 1.165) is 32.1 Å². The molecule has 2 heterocycles. The van der Waals surface area contributed by atoms with E-state index in [1.807, 2.05) is 0 Å². The highest BCUT2D eigenvalue weighted by Crippen LogP contribution is 2.26. The normalized spacial score (nSPS) is 14.2. The number of unbranched alkanes of at least 4 members (excludes halogenated alkanes) is 1. The highest BCUT2D eigenvalue weighted by molar-refractivity contribution is 7.81. The van der Waals surface area contributed by atoms with E-state index in [9.17, 15) is 0 Å². The zero-order chi connectivity index (χ0) is 17.2.